The van der Waals surface area contributed by atoms with E-state index in [1.165, 1.54) is 7.11 Å². The second-order valence-electron chi connectivity index (χ2n) is 6.08. The summed E-state index contributed by atoms with van der Waals surface area (Å²) in [6.45, 7) is 0.468. The van der Waals surface area contributed by atoms with Crippen LogP contribution < -0.4 is 4.74 Å². The number of aromatic nitrogens is 1. The molecule has 0 unspecified atom stereocenters. The maximum absolute atomic E-state index is 12.0. The minimum absolute atomic E-state index is 0.103. The predicted octanol–water partition coefficient (Wildman–Crippen LogP) is 3.58. The maximum Gasteiger partial charge on any atom is 0.360 e. The Kier molecular flexibility index (Phi) is 5.04. The molecule has 134 valence electrons. The molecule has 0 aliphatic heterocycles. The molecule has 26 heavy (non-hydrogen) atoms. The Labute approximate surface area is 151 Å². The maximum atomic E-state index is 12.0. The van der Waals surface area contributed by atoms with Crippen LogP contribution in [0.3, 0.4) is 0 Å². The van der Waals surface area contributed by atoms with Gasteiger partial charge in [-0.25, -0.2) is 9.78 Å². The van der Waals surface area contributed by atoms with Gasteiger partial charge in [0.2, 0.25) is 0 Å². The number of carbonyl (C=O) groups excluding carboxylic acids is 1. The number of esters is 1. The van der Waals surface area contributed by atoms with Gasteiger partial charge in [0.05, 0.1) is 18.2 Å². The largest absolute Gasteiger partial charge is 0.505 e. The van der Waals surface area contributed by atoms with Gasteiger partial charge in [0.25, 0.3) is 0 Å². The average Bonchev–Trinajstić information content (AvgIpc) is 2.64. The van der Waals surface area contributed by atoms with E-state index in [0.29, 0.717) is 34.5 Å². The Hall–Kier alpha value is -3.12. The van der Waals surface area contributed by atoms with Gasteiger partial charge in [-0.3, -0.25) is 0 Å². The van der Waals surface area contributed by atoms with E-state index in [4.69, 9.17) is 9.47 Å². The van der Waals surface area contributed by atoms with Crippen LogP contribution in [-0.2, 0) is 11.3 Å². The summed E-state index contributed by atoms with van der Waals surface area (Å²) in [6.07, 6.45) is 0. The van der Waals surface area contributed by atoms with Crippen LogP contribution in [-0.4, -0.2) is 42.2 Å². The number of rotatable bonds is 5. The normalized spacial score (nSPS) is 10.9. The number of methoxy groups -OCH3 is 1. The molecular weight excluding hydrogens is 332 g/mol. The van der Waals surface area contributed by atoms with Gasteiger partial charge in [-0.15, -0.1) is 0 Å². The minimum atomic E-state index is -0.682. The quantitative estimate of drug-likeness (QED) is 0.708. The second-order valence-corrected chi connectivity index (χ2v) is 6.08. The zero-order valence-corrected chi connectivity index (χ0v) is 14.9. The highest BCUT2D eigenvalue weighted by atomic mass is 16.5. The number of para-hydroxylation sites is 1. The van der Waals surface area contributed by atoms with E-state index in [9.17, 15) is 9.90 Å². The number of benzene rings is 2. The fraction of sp³-hybridized carbons (Fsp3) is 0.200. The lowest BCUT2D eigenvalue weighted by Crippen LogP contribution is -2.15. The van der Waals surface area contributed by atoms with Gasteiger partial charge in [-0.1, -0.05) is 30.3 Å². The van der Waals surface area contributed by atoms with E-state index < -0.39 is 5.97 Å². The first kappa shape index (κ1) is 17.7. The zero-order valence-electron chi connectivity index (χ0n) is 14.9. The Balaban J connectivity index is 2.23. The number of hydrogen-bond donors (Lipinski definition) is 1. The topological polar surface area (TPSA) is 71.9 Å². The molecule has 3 aromatic rings. The lowest BCUT2D eigenvalue weighted by Gasteiger charge is -2.17. The molecule has 1 heterocycles. The van der Waals surface area contributed by atoms with Crippen molar-refractivity contribution in [3.63, 3.8) is 0 Å². The Morgan fingerprint density at radius 2 is 1.85 bits per heavy atom. The highest BCUT2D eigenvalue weighted by Gasteiger charge is 2.22. The number of ether oxygens (including phenoxy) is 2. The molecule has 6 heteroatoms. The highest BCUT2D eigenvalue weighted by Crippen LogP contribution is 2.38. The fourth-order valence-corrected chi connectivity index (χ4v) is 2.75. The zero-order chi connectivity index (χ0) is 18.7. The summed E-state index contributed by atoms with van der Waals surface area (Å²) in [4.78, 5) is 18.3. The predicted molar refractivity (Wildman–Crippen MR) is 98.7 cm³/mol. The highest BCUT2D eigenvalue weighted by molar-refractivity contribution is 6.02. The standard InChI is InChI=1S/C20H20N2O4/c1-22(2)12-15-17-14(19(23)18(21-15)20(24)25-3)10-7-11-16(17)26-13-8-5-4-6-9-13/h4-11,23H,12H2,1-3H3. The van der Waals surface area contributed by atoms with Gasteiger partial charge in [0.1, 0.15) is 11.5 Å². The first-order chi connectivity index (χ1) is 12.5. The molecule has 0 fully saturated rings. The van der Waals surface area contributed by atoms with Gasteiger partial charge < -0.3 is 19.5 Å². The third-order valence-electron chi connectivity index (χ3n) is 3.86. The van der Waals surface area contributed by atoms with Crippen LogP contribution in [0.2, 0.25) is 0 Å². The van der Waals surface area contributed by atoms with Crippen molar-refractivity contribution < 1.29 is 19.4 Å². The van der Waals surface area contributed by atoms with Crippen molar-refractivity contribution in [2.45, 2.75) is 6.54 Å². The van der Waals surface area contributed by atoms with Crippen molar-refractivity contribution in [2.24, 2.45) is 0 Å². The van der Waals surface area contributed by atoms with E-state index in [2.05, 4.69) is 4.98 Å². The van der Waals surface area contributed by atoms with E-state index in [1.54, 1.807) is 12.1 Å². The molecule has 0 atom stereocenters. The Morgan fingerprint density at radius 1 is 1.12 bits per heavy atom. The average molecular weight is 352 g/mol. The molecule has 0 radical (unpaired) electrons. The molecule has 0 saturated carbocycles. The molecule has 0 aliphatic carbocycles. The van der Waals surface area contributed by atoms with E-state index in [-0.39, 0.29) is 11.4 Å². The van der Waals surface area contributed by atoms with Crippen molar-refractivity contribution >= 4 is 16.7 Å². The summed E-state index contributed by atoms with van der Waals surface area (Å²) in [5.41, 5.74) is 0.517. The van der Waals surface area contributed by atoms with Gasteiger partial charge in [0, 0.05) is 11.9 Å². The number of nitrogens with zero attached hydrogens (tertiary/aromatic N) is 2. The van der Waals surface area contributed by atoms with Crippen molar-refractivity contribution in [3.8, 4) is 17.2 Å². The number of fused-ring (bicyclic) bond motifs is 1. The summed E-state index contributed by atoms with van der Waals surface area (Å²) in [5.74, 6) is 0.337. The third kappa shape index (κ3) is 3.45. The molecule has 0 saturated heterocycles. The van der Waals surface area contributed by atoms with Crippen molar-refractivity contribution in [1.82, 2.24) is 9.88 Å². The summed E-state index contributed by atoms with van der Waals surface area (Å²) in [6, 6.07) is 14.7. The van der Waals surface area contributed by atoms with Crippen LogP contribution in [0.4, 0.5) is 0 Å². The Morgan fingerprint density at radius 3 is 2.50 bits per heavy atom. The van der Waals surface area contributed by atoms with Gasteiger partial charge in [0.15, 0.2) is 11.4 Å². The number of aromatic hydroxyl groups is 1. The molecule has 1 N–H and O–H groups in total. The van der Waals surface area contributed by atoms with Crippen LogP contribution >= 0.6 is 0 Å². The molecule has 1 aromatic heterocycles. The first-order valence-electron chi connectivity index (χ1n) is 8.11. The first-order valence-corrected chi connectivity index (χ1v) is 8.11. The molecule has 0 aliphatic rings. The monoisotopic (exact) mass is 352 g/mol. The molecule has 3 rings (SSSR count). The number of carbonyl (C=O) groups is 1. The molecule has 2 aromatic carbocycles. The van der Waals surface area contributed by atoms with Gasteiger partial charge in [-0.05, 0) is 32.3 Å². The van der Waals surface area contributed by atoms with E-state index >= 15 is 0 Å². The van der Waals surface area contributed by atoms with Crippen LogP contribution in [0.1, 0.15) is 16.2 Å². The third-order valence-corrected chi connectivity index (χ3v) is 3.86. The lowest BCUT2D eigenvalue weighted by molar-refractivity contribution is 0.0590. The van der Waals surface area contributed by atoms with Crippen LogP contribution in [0.5, 0.6) is 17.2 Å². The lowest BCUT2D eigenvalue weighted by atomic mass is 10.1. The molecule has 0 amide bonds. The van der Waals surface area contributed by atoms with E-state index in [0.717, 1.165) is 0 Å². The number of pyridine rings is 1. The van der Waals surface area contributed by atoms with Crippen molar-refractivity contribution in [1.29, 1.82) is 0 Å². The summed E-state index contributed by atoms with van der Waals surface area (Å²) >= 11 is 0. The van der Waals surface area contributed by atoms with Crippen LogP contribution in [0, 0.1) is 0 Å². The molecular formula is C20H20N2O4. The van der Waals surface area contributed by atoms with Gasteiger partial charge in [-0.2, -0.15) is 0 Å². The SMILES string of the molecule is COC(=O)c1nc(CN(C)C)c2c(Oc3ccccc3)cccc2c1O. The fourth-order valence-electron chi connectivity index (χ4n) is 2.75. The van der Waals surface area contributed by atoms with Crippen molar-refractivity contribution in [3.05, 3.63) is 59.9 Å². The molecule has 0 spiro atoms. The molecule has 0 bridgehead atoms. The summed E-state index contributed by atoms with van der Waals surface area (Å²) in [7, 11) is 5.06. The van der Waals surface area contributed by atoms with Crippen LogP contribution in [0.15, 0.2) is 48.5 Å². The van der Waals surface area contributed by atoms with E-state index in [1.807, 2.05) is 55.4 Å². The smallest absolute Gasteiger partial charge is 0.360 e. The summed E-state index contributed by atoms with van der Waals surface area (Å²) < 4.78 is 10.8. The summed E-state index contributed by atoms with van der Waals surface area (Å²) in [5, 5.41) is 11.7. The minimum Gasteiger partial charge on any atom is -0.505 e. The Bertz CT molecular complexity index is 939. The molecule has 6 nitrogen and oxygen atoms in total. The number of hydrogen-bond acceptors (Lipinski definition) is 6. The van der Waals surface area contributed by atoms with Crippen LogP contribution in [0.25, 0.3) is 10.8 Å². The second kappa shape index (κ2) is 7.41. The van der Waals surface area contributed by atoms with Gasteiger partial charge >= 0.3 is 5.97 Å². The van der Waals surface area contributed by atoms with Crippen molar-refractivity contribution in [2.75, 3.05) is 21.2 Å².